The number of rotatable bonds is 6. The molecule has 0 bridgehead atoms. The van der Waals surface area contributed by atoms with Gasteiger partial charge in [0, 0.05) is 18.5 Å². The zero-order valence-electron chi connectivity index (χ0n) is 14.9. The Kier molecular flexibility index (Phi) is 5.99. The highest BCUT2D eigenvalue weighted by molar-refractivity contribution is 7.90. The van der Waals surface area contributed by atoms with Gasteiger partial charge in [-0.3, -0.25) is 14.5 Å². The number of aliphatic imine (C=N–C) groups is 1. The minimum Gasteiger partial charge on any atom is -0.349 e. The second-order valence-corrected chi connectivity index (χ2v) is 8.73. The summed E-state index contributed by atoms with van der Waals surface area (Å²) in [7, 11) is -3.56. The first kappa shape index (κ1) is 20.7. The van der Waals surface area contributed by atoms with Crippen molar-refractivity contribution in [2.75, 3.05) is 6.54 Å². The molecule has 26 heavy (non-hydrogen) atoms. The Labute approximate surface area is 160 Å². The van der Waals surface area contributed by atoms with E-state index < -0.39 is 10.0 Å². The van der Waals surface area contributed by atoms with Crippen molar-refractivity contribution >= 4 is 34.2 Å². The third-order valence-corrected chi connectivity index (χ3v) is 6.22. The lowest BCUT2D eigenvalue weighted by molar-refractivity contribution is -0.123. The molecule has 2 unspecified atom stereocenters. The number of hydrogen-bond donors (Lipinski definition) is 3. The van der Waals surface area contributed by atoms with Gasteiger partial charge in [-0.1, -0.05) is 12.1 Å². The fourth-order valence-electron chi connectivity index (χ4n) is 3.17. The number of carbonyl (C=O) groups excluding carboxylic acids is 1. The summed E-state index contributed by atoms with van der Waals surface area (Å²) in [5.41, 5.74) is 5.99. The normalized spacial score (nSPS) is 22.5. The summed E-state index contributed by atoms with van der Waals surface area (Å²) in [5, 5.41) is 3.02. The minimum absolute atomic E-state index is 0. The van der Waals surface area contributed by atoms with Gasteiger partial charge in [0.1, 0.15) is 5.84 Å². The molecular weight excluding hydrogens is 376 g/mol. The monoisotopic (exact) mass is 400 g/mol. The van der Waals surface area contributed by atoms with Gasteiger partial charge in [0.25, 0.3) is 10.0 Å². The molecule has 1 amide bonds. The van der Waals surface area contributed by atoms with Gasteiger partial charge in [-0.15, -0.1) is 12.4 Å². The third-order valence-electron chi connectivity index (χ3n) is 4.82. The Morgan fingerprint density at radius 3 is 2.69 bits per heavy atom. The number of sulfonamides is 1. The van der Waals surface area contributed by atoms with Crippen LogP contribution in [0.4, 0.5) is 0 Å². The third kappa shape index (κ3) is 4.19. The molecule has 0 saturated heterocycles. The van der Waals surface area contributed by atoms with Crippen LogP contribution in [0.25, 0.3) is 0 Å². The smallest absolute Gasteiger partial charge is 0.263 e. The number of fused-ring (bicyclic) bond motifs is 1. The maximum absolute atomic E-state index is 12.3. The van der Waals surface area contributed by atoms with Gasteiger partial charge in [0.15, 0.2) is 0 Å². The molecule has 1 aromatic carbocycles. The topological polar surface area (TPSA) is 114 Å². The second-order valence-electron chi connectivity index (χ2n) is 7.08. The lowest BCUT2D eigenvalue weighted by Crippen LogP contribution is -2.53. The van der Waals surface area contributed by atoms with Gasteiger partial charge in [-0.2, -0.15) is 0 Å². The van der Waals surface area contributed by atoms with Crippen LogP contribution in [0.5, 0.6) is 0 Å². The number of hydrogen-bond acceptors (Lipinski definition) is 5. The van der Waals surface area contributed by atoms with E-state index in [4.69, 9.17) is 5.73 Å². The van der Waals surface area contributed by atoms with Gasteiger partial charge in [-0.25, -0.2) is 8.42 Å². The summed E-state index contributed by atoms with van der Waals surface area (Å²) in [4.78, 5) is 17.0. The van der Waals surface area contributed by atoms with Crippen LogP contribution in [-0.2, 0) is 14.8 Å². The average molecular weight is 401 g/mol. The zero-order chi connectivity index (χ0) is 18.2. The van der Waals surface area contributed by atoms with E-state index in [-0.39, 0.29) is 41.2 Å². The molecule has 1 fully saturated rings. The Hall–Kier alpha value is -1.64. The van der Waals surface area contributed by atoms with Crippen molar-refractivity contribution in [1.82, 2.24) is 10.0 Å². The lowest BCUT2D eigenvalue weighted by Gasteiger charge is -2.29. The standard InChI is InChI=1S/C17H24N4O3S.ClH/c1-11(9-15(22)20-17(2,10-18)12-7-8-12)19-16-13-5-3-4-6-14(13)25(23,24)21-16;/h3-6,11-12H,7-10,18H2,1-2H3,(H,19,21)(H,20,22);1H. The van der Waals surface area contributed by atoms with Crippen LogP contribution >= 0.6 is 12.4 Å². The number of amidine groups is 1. The molecule has 0 spiro atoms. The number of nitrogens with one attached hydrogen (secondary N) is 2. The van der Waals surface area contributed by atoms with Gasteiger partial charge in [0.05, 0.1) is 16.5 Å². The van der Waals surface area contributed by atoms with Gasteiger partial charge >= 0.3 is 0 Å². The molecule has 1 saturated carbocycles. The lowest BCUT2D eigenvalue weighted by atomic mass is 9.95. The van der Waals surface area contributed by atoms with Crippen molar-refractivity contribution in [2.45, 2.75) is 49.6 Å². The predicted molar refractivity (Wildman–Crippen MR) is 103 cm³/mol. The quantitative estimate of drug-likeness (QED) is 0.664. The molecule has 9 heteroatoms. The summed E-state index contributed by atoms with van der Waals surface area (Å²) >= 11 is 0. The molecule has 1 aliphatic carbocycles. The molecule has 144 valence electrons. The van der Waals surface area contributed by atoms with E-state index in [9.17, 15) is 13.2 Å². The molecule has 0 radical (unpaired) electrons. The summed E-state index contributed by atoms with van der Waals surface area (Å²) in [6.45, 7) is 4.17. The Bertz CT molecular complexity index is 823. The van der Waals surface area contributed by atoms with Gasteiger partial charge < -0.3 is 11.1 Å². The second kappa shape index (κ2) is 7.54. The van der Waals surface area contributed by atoms with Crippen LogP contribution < -0.4 is 15.8 Å². The van der Waals surface area contributed by atoms with Crippen molar-refractivity contribution in [3.8, 4) is 0 Å². The van der Waals surface area contributed by atoms with E-state index in [0.717, 1.165) is 12.8 Å². The molecule has 7 nitrogen and oxygen atoms in total. The van der Waals surface area contributed by atoms with E-state index in [0.29, 0.717) is 23.9 Å². The fraction of sp³-hybridized carbons (Fsp3) is 0.529. The van der Waals surface area contributed by atoms with Crippen molar-refractivity contribution in [3.63, 3.8) is 0 Å². The van der Waals surface area contributed by atoms with E-state index >= 15 is 0 Å². The van der Waals surface area contributed by atoms with E-state index in [2.05, 4.69) is 15.0 Å². The fourth-order valence-corrected chi connectivity index (χ4v) is 4.41. The first-order valence-corrected chi connectivity index (χ1v) is 9.94. The maximum Gasteiger partial charge on any atom is 0.263 e. The average Bonchev–Trinajstić information content (AvgIpc) is 3.36. The van der Waals surface area contributed by atoms with Gasteiger partial charge in [0.2, 0.25) is 5.91 Å². The minimum atomic E-state index is -3.56. The first-order chi connectivity index (χ1) is 11.7. The molecule has 1 heterocycles. The van der Waals surface area contributed by atoms with Crippen LogP contribution in [0.3, 0.4) is 0 Å². The summed E-state index contributed by atoms with van der Waals surface area (Å²) in [6, 6.07) is 6.32. The number of nitrogens with zero attached hydrogens (tertiary/aromatic N) is 1. The maximum atomic E-state index is 12.3. The van der Waals surface area contributed by atoms with Crippen molar-refractivity contribution in [1.29, 1.82) is 0 Å². The summed E-state index contributed by atoms with van der Waals surface area (Å²) < 4.78 is 26.6. The molecule has 4 N–H and O–H groups in total. The summed E-state index contributed by atoms with van der Waals surface area (Å²) in [6.07, 6.45) is 2.35. The van der Waals surface area contributed by atoms with Crippen LogP contribution in [0, 0.1) is 5.92 Å². The summed E-state index contributed by atoms with van der Waals surface area (Å²) in [5.74, 6) is 0.613. The van der Waals surface area contributed by atoms with Crippen molar-refractivity contribution < 1.29 is 13.2 Å². The highest BCUT2D eigenvalue weighted by atomic mass is 35.5. The van der Waals surface area contributed by atoms with Crippen LogP contribution in [-0.4, -0.2) is 38.3 Å². The zero-order valence-corrected chi connectivity index (χ0v) is 16.5. The molecule has 2 atom stereocenters. The molecule has 3 rings (SSSR count). The van der Waals surface area contributed by atoms with Crippen molar-refractivity contribution in [3.05, 3.63) is 29.8 Å². The Morgan fingerprint density at radius 2 is 2.08 bits per heavy atom. The Balaban J connectivity index is 0.00000243. The Morgan fingerprint density at radius 1 is 1.42 bits per heavy atom. The number of amides is 1. The van der Waals surface area contributed by atoms with E-state index in [1.54, 1.807) is 31.2 Å². The highest BCUT2D eigenvalue weighted by Gasteiger charge is 2.41. The number of nitrogens with two attached hydrogens (primary N) is 1. The van der Waals surface area contributed by atoms with Crippen LogP contribution in [0.2, 0.25) is 0 Å². The molecule has 1 aromatic rings. The number of benzene rings is 1. The molecule has 0 aromatic heterocycles. The van der Waals surface area contributed by atoms with Crippen LogP contribution in [0.15, 0.2) is 34.2 Å². The SMILES string of the molecule is CC(CC(=O)NC(C)(CN)C1CC1)N=C1NS(=O)(=O)c2ccccc21.Cl. The molecule has 1 aliphatic heterocycles. The van der Waals surface area contributed by atoms with E-state index in [1.165, 1.54) is 0 Å². The van der Waals surface area contributed by atoms with Crippen LogP contribution in [0.1, 0.15) is 38.7 Å². The van der Waals surface area contributed by atoms with E-state index in [1.807, 2.05) is 6.92 Å². The molecular formula is C17H25ClN4O3S. The predicted octanol–water partition coefficient (Wildman–Crippen LogP) is 1.17. The number of halogens is 1. The molecule has 2 aliphatic rings. The largest absolute Gasteiger partial charge is 0.349 e. The van der Waals surface area contributed by atoms with Crippen molar-refractivity contribution in [2.24, 2.45) is 16.6 Å². The first-order valence-electron chi connectivity index (χ1n) is 8.46. The highest BCUT2D eigenvalue weighted by Crippen LogP contribution is 2.39. The van der Waals surface area contributed by atoms with Gasteiger partial charge in [-0.05, 0) is 44.7 Å². The number of carbonyl (C=O) groups is 1.